The molecule has 0 bridgehead atoms. The smallest absolute Gasteiger partial charge is 0.335 e. The van der Waals surface area contributed by atoms with Crippen LogP contribution in [-0.4, -0.2) is 38.8 Å². The van der Waals surface area contributed by atoms with Gasteiger partial charge in [0.15, 0.2) is 5.69 Å². The van der Waals surface area contributed by atoms with Crippen LogP contribution in [0.1, 0.15) is 39.8 Å². The van der Waals surface area contributed by atoms with Gasteiger partial charge in [0.05, 0.1) is 41.5 Å². The third-order valence-electron chi connectivity index (χ3n) is 7.31. The minimum atomic E-state index is -1.08. The van der Waals surface area contributed by atoms with Crippen LogP contribution in [0.2, 0.25) is 0 Å². The lowest BCUT2D eigenvalue weighted by Gasteiger charge is -2.16. The fraction of sp³-hybridized carbons (Fsp3) is 0.188. The highest BCUT2D eigenvalue weighted by molar-refractivity contribution is 5.92. The predicted molar refractivity (Wildman–Crippen MR) is 151 cm³/mol. The van der Waals surface area contributed by atoms with Crippen molar-refractivity contribution in [3.63, 3.8) is 0 Å². The van der Waals surface area contributed by atoms with Gasteiger partial charge < -0.3 is 19.1 Å². The summed E-state index contributed by atoms with van der Waals surface area (Å²) in [6.07, 6.45) is 0.639. The van der Waals surface area contributed by atoms with E-state index in [9.17, 15) is 14.3 Å². The van der Waals surface area contributed by atoms with Gasteiger partial charge in [-0.25, -0.2) is 32.8 Å². The summed E-state index contributed by atoms with van der Waals surface area (Å²) in [5.74, 6) is -2.49. The second-order valence-corrected chi connectivity index (χ2v) is 10.1. The maximum atomic E-state index is 15.5. The van der Waals surface area contributed by atoms with Crippen LogP contribution in [0.15, 0.2) is 66.7 Å². The van der Waals surface area contributed by atoms with Crippen molar-refractivity contribution >= 4 is 22.7 Å². The highest BCUT2D eigenvalue weighted by Gasteiger charge is 2.25. The number of carbonyl (C=O) groups is 1. The van der Waals surface area contributed by atoms with Crippen molar-refractivity contribution in [1.82, 2.24) is 14.5 Å². The van der Waals surface area contributed by atoms with E-state index in [2.05, 4.69) is 14.8 Å². The molecule has 1 fully saturated rings. The molecule has 3 heterocycles. The molecule has 0 unspecified atom stereocenters. The molecule has 0 spiro atoms. The van der Waals surface area contributed by atoms with E-state index in [-0.39, 0.29) is 58.6 Å². The van der Waals surface area contributed by atoms with Crippen LogP contribution in [0.25, 0.3) is 27.1 Å². The maximum Gasteiger partial charge on any atom is 0.335 e. The average molecular weight is 585 g/mol. The number of aromatic nitrogens is 3. The van der Waals surface area contributed by atoms with Gasteiger partial charge in [-0.15, -0.1) is 0 Å². The molecule has 1 aliphatic heterocycles. The van der Waals surface area contributed by atoms with Crippen molar-refractivity contribution in [2.24, 2.45) is 0 Å². The highest BCUT2D eigenvalue weighted by atomic mass is 19.1. The summed E-state index contributed by atoms with van der Waals surface area (Å²) in [5, 5.41) is 9.47. The molecule has 2 aromatic heterocycles. The Bertz CT molecular complexity index is 1910. The quantitative estimate of drug-likeness (QED) is 0.200. The molecule has 6 rings (SSSR count). The summed E-state index contributed by atoms with van der Waals surface area (Å²) in [7, 11) is 0. The molecule has 8 nitrogen and oxygen atoms in total. The molecular formula is C32H23F3N4O4. The van der Waals surface area contributed by atoms with Crippen molar-refractivity contribution in [1.29, 1.82) is 0 Å². The van der Waals surface area contributed by atoms with Crippen LogP contribution >= 0.6 is 0 Å². The first kappa shape index (κ1) is 27.9. The average Bonchev–Trinajstić information content (AvgIpc) is 3.65. The van der Waals surface area contributed by atoms with Gasteiger partial charge in [-0.2, -0.15) is 0 Å². The zero-order valence-corrected chi connectivity index (χ0v) is 22.6. The number of pyridine rings is 1. The monoisotopic (exact) mass is 584 g/mol. The molecule has 43 heavy (non-hydrogen) atoms. The van der Waals surface area contributed by atoms with E-state index in [1.807, 2.05) is 4.57 Å². The van der Waals surface area contributed by atoms with E-state index in [0.717, 1.165) is 18.2 Å². The number of imidazole rings is 1. The first-order valence-corrected chi connectivity index (χ1v) is 13.4. The van der Waals surface area contributed by atoms with E-state index in [1.165, 1.54) is 36.4 Å². The van der Waals surface area contributed by atoms with Gasteiger partial charge in [-0.3, -0.25) is 0 Å². The number of rotatable bonds is 8. The number of aromatic carboxylic acids is 1. The number of fused-ring (bicyclic) bond motifs is 1. The van der Waals surface area contributed by atoms with E-state index >= 15 is 8.78 Å². The Morgan fingerprint density at radius 1 is 1.02 bits per heavy atom. The first-order valence-electron chi connectivity index (χ1n) is 13.4. The Hall–Kier alpha value is -5.21. The fourth-order valence-corrected chi connectivity index (χ4v) is 5.14. The van der Waals surface area contributed by atoms with E-state index in [1.54, 1.807) is 12.1 Å². The molecular weight excluding hydrogens is 561 g/mol. The summed E-state index contributed by atoms with van der Waals surface area (Å²) >= 11 is 0. The second-order valence-electron chi connectivity index (χ2n) is 10.1. The van der Waals surface area contributed by atoms with Gasteiger partial charge in [0.1, 0.15) is 29.9 Å². The lowest BCUT2D eigenvalue weighted by atomic mass is 10.0. The Morgan fingerprint density at radius 3 is 2.60 bits per heavy atom. The SMILES string of the molecule is [C-]#[N+]c1ccc(COc2cccc(-c3cc(F)c(Cc4nc5ccc(C(=O)O)cc5n4[C@H]4CCOC4)cc3F)n2)c(F)c1. The number of hydrogen-bond acceptors (Lipinski definition) is 5. The summed E-state index contributed by atoms with van der Waals surface area (Å²) < 4.78 is 58.1. The molecule has 11 heteroatoms. The molecule has 216 valence electrons. The second kappa shape index (κ2) is 11.6. The number of hydrogen-bond donors (Lipinski definition) is 1. The van der Waals surface area contributed by atoms with Crippen molar-refractivity contribution < 1.29 is 32.5 Å². The largest absolute Gasteiger partial charge is 0.478 e. The lowest BCUT2D eigenvalue weighted by Crippen LogP contribution is -2.13. The highest BCUT2D eigenvalue weighted by Crippen LogP contribution is 2.31. The number of nitrogens with zero attached hydrogens (tertiary/aromatic N) is 4. The van der Waals surface area contributed by atoms with Crippen LogP contribution < -0.4 is 4.74 Å². The molecule has 3 aromatic carbocycles. The van der Waals surface area contributed by atoms with E-state index < -0.39 is 23.4 Å². The Morgan fingerprint density at radius 2 is 1.86 bits per heavy atom. The third-order valence-corrected chi connectivity index (χ3v) is 7.31. The van der Waals surface area contributed by atoms with Gasteiger partial charge in [-0.05, 0) is 54.4 Å². The lowest BCUT2D eigenvalue weighted by molar-refractivity contribution is 0.0697. The topological polar surface area (TPSA) is 90.8 Å². The van der Waals surface area contributed by atoms with Crippen LogP contribution in [0.3, 0.4) is 0 Å². The number of halogens is 3. The normalized spacial score (nSPS) is 14.6. The molecule has 1 atom stereocenters. The minimum absolute atomic E-state index is 0.0367. The Labute approximate surface area is 243 Å². The third kappa shape index (κ3) is 5.65. The van der Waals surface area contributed by atoms with Gasteiger partial charge in [-0.1, -0.05) is 18.2 Å². The fourth-order valence-electron chi connectivity index (χ4n) is 5.14. The molecule has 1 saturated heterocycles. The van der Waals surface area contributed by atoms with Crippen molar-refractivity contribution in [3.05, 3.63) is 118 Å². The molecule has 0 aliphatic carbocycles. The zero-order chi connectivity index (χ0) is 30.1. The van der Waals surface area contributed by atoms with Crippen LogP contribution in [0.4, 0.5) is 18.9 Å². The van der Waals surface area contributed by atoms with Crippen molar-refractivity contribution in [2.45, 2.75) is 25.5 Å². The molecule has 0 radical (unpaired) electrons. The molecule has 0 saturated carbocycles. The van der Waals surface area contributed by atoms with Crippen LogP contribution in [0.5, 0.6) is 5.88 Å². The molecule has 0 amide bonds. The summed E-state index contributed by atoms with van der Waals surface area (Å²) in [6.45, 7) is 7.73. The Kier molecular flexibility index (Phi) is 7.52. The van der Waals surface area contributed by atoms with Crippen molar-refractivity contribution in [3.8, 4) is 17.1 Å². The number of carboxylic acids is 1. The van der Waals surface area contributed by atoms with Crippen LogP contribution in [-0.2, 0) is 17.8 Å². The molecule has 1 aliphatic rings. The van der Waals surface area contributed by atoms with Gasteiger partial charge >= 0.3 is 5.97 Å². The van der Waals surface area contributed by atoms with Gasteiger partial charge in [0.2, 0.25) is 5.88 Å². The van der Waals surface area contributed by atoms with Crippen LogP contribution in [0, 0.1) is 24.0 Å². The summed E-state index contributed by atoms with van der Waals surface area (Å²) in [5.41, 5.74) is 1.74. The predicted octanol–water partition coefficient (Wildman–Crippen LogP) is 6.90. The maximum absolute atomic E-state index is 15.5. The first-order chi connectivity index (χ1) is 20.8. The number of carboxylic acid groups (broad SMARTS) is 1. The number of ether oxygens (including phenoxy) is 2. The van der Waals surface area contributed by atoms with Gasteiger partial charge in [0, 0.05) is 30.2 Å². The summed E-state index contributed by atoms with van der Waals surface area (Å²) in [4.78, 5) is 23.7. The zero-order valence-electron chi connectivity index (χ0n) is 22.6. The van der Waals surface area contributed by atoms with E-state index in [0.29, 0.717) is 36.5 Å². The summed E-state index contributed by atoms with van der Waals surface area (Å²) in [6, 6.07) is 15.3. The van der Waals surface area contributed by atoms with Crippen molar-refractivity contribution in [2.75, 3.05) is 13.2 Å². The number of benzene rings is 3. The molecule has 1 N–H and O–H groups in total. The Balaban J connectivity index is 1.28. The van der Waals surface area contributed by atoms with E-state index in [4.69, 9.17) is 16.0 Å². The standard InChI is InChI=1S/C32H23F3N4O4/c1-36-21-7-5-19(24(33)14-21)16-43-31-4-2-3-27(38-31)23-15-25(34)20(11-26(23)35)13-30-37-28-8-6-18(32(40)41)12-29(28)39(30)22-9-10-42-17-22/h2-8,11-12,14-15,22H,9-10,13,16-17H2,(H,40,41)/t22-/m0/s1. The molecule has 5 aromatic rings. The minimum Gasteiger partial charge on any atom is -0.478 e. The van der Waals surface area contributed by atoms with Gasteiger partial charge in [0.25, 0.3) is 0 Å².